The fourth-order valence-corrected chi connectivity index (χ4v) is 0.768. The van der Waals surface area contributed by atoms with E-state index in [1.807, 2.05) is 0 Å². The van der Waals surface area contributed by atoms with Crippen LogP contribution in [0.2, 0.25) is 0 Å². The third-order valence-corrected chi connectivity index (χ3v) is 1.34. The van der Waals surface area contributed by atoms with Crippen molar-refractivity contribution in [1.29, 1.82) is 0 Å². The number of phenols is 1. The van der Waals surface area contributed by atoms with Crippen molar-refractivity contribution in [3.05, 3.63) is 23.8 Å². The monoisotopic (exact) mass is 362 g/mol. The summed E-state index contributed by atoms with van der Waals surface area (Å²) in [7, 11) is 1.43. The molecule has 2 radical (unpaired) electrons. The van der Waals surface area contributed by atoms with Crippen LogP contribution in [0.15, 0.2) is 18.2 Å². The average molecular weight is 361 g/mol. The van der Waals surface area contributed by atoms with Crippen LogP contribution in [0.4, 0.5) is 0 Å². The molecule has 12 heavy (non-hydrogen) atoms. The van der Waals surface area contributed by atoms with E-state index in [0.717, 1.165) is 0 Å². The van der Waals surface area contributed by atoms with Gasteiger partial charge in [-0.25, -0.2) is 0 Å². The summed E-state index contributed by atoms with van der Waals surface area (Å²) < 4.78 is 4.78. The number of phenolic OH excluding ortho intramolecular Hbond substituents is 1. The summed E-state index contributed by atoms with van der Waals surface area (Å²) in [5.74, 6) is 0.354. The van der Waals surface area contributed by atoms with Crippen molar-refractivity contribution in [2.24, 2.45) is 0 Å². The normalized spacial score (nSPS) is 8.42. The van der Waals surface area contributed by atoms with Gasteiger partial charge >= 0.3 is 27.3 Å². The number of benzene rings is 1. The molecule has 4 heteroatoms. The van der Waals surface area contributed by atoms with Crippen molar-refractivity contribution in [2.75, 3.05) is 7.11 Å². The van der Waals surface area contributed by atoms with E-state index < -0.39 is 0 Å². The molecule has 0 unspecified atom stereocenters. The first-order valence-electron chi connectivity index (χ1n) is 3.10. The predicted molar refractivity (Wildman–Crippen MR) is 48.6 cm³/mol. The molecule has 0 saturated carbocycles. The Labute approximate surface area is 90.5 Å². The number of methoxy groups -OCH3 is 1. The first kappa shape index (κ1) is 11.4. The number of aldehydes is 1. The molecule has 1 aromatic carbocycles. The predicted octanol–water partition coefficient (Wildman–Crippen LogP) is 0.297. The second kappa shape index (κ2) is 5.13. The molecule has 0 aliphatic rings. The summed E-state index contributed by atoms with van der Waals surface area (Å²) in [6, 6.07) is 4.41. The van der Waals surface area contributed by atoms with Gasteiger partial charge in [-0.15, -0.1) is 0 Å². The molecule has 1 aromatic rings. The zero-order chi connectivity index (χ0) is 8.27. The number of ether oxygens (including phenoxy) is 1. The van der Waals surface area contributed by atoms with Crippen molar-refractivity contribution in [3.63, 3.8) is 0 Å². The van der Waals surface area contributed by atoms with Gasteiger partial charge in [-0.2, -0.15) is 0 Å². The molecule has 0 fully saturated rings. The summed E-state index contributed by atoms with van der Waals surface area (Å²) in [4.78, 5) is 10.2. The molecule has 0 atom stereocenters. The zero-order valence-electron chi connectivity index (χ0n) is 6.78. The fourth-order valence-electron chi connectivity index (χ4n) is 0.768. The molecule has 0 aliphatic heterocycles. The van der Waals surface area contributed by atoms with Gasteiger partial charge in [0.05, 0.1) is 7.11 Å². The standard InChI is InChI=1S/C8H8O3.Pb.2H/c1-11-8-4-6(5-9)2-3-7(8)10;;;/h2-5,10H,1H3;;;. The van der Waals surface area contributed by atoms with E-state index in [-0.39, 0.29) is 33.0 Å². The maximum atomic E-state index is 10.2. The van der Waals surface area contributed by atoms with Gasteiger partial charge in [0, 0.05) is 5.56 Å². The molecule has 0 aliphatic carbocycles. The van der Waals surface area contributed by atoms with Crippen LogP contribution in [-0.2, 0) is 0 Å². The Morgan fingerprint density at radius 1 is 1.50 bits per heavy atom. The molecule has 0 heterocycles. The summed E-state index contributed by atoms with van der Waals surface area (Å²) in [5, 5.41) is 9.09. The fraction of sp³-hybridized carbons (Fsp3) is 0.125. The average Bonchev–Trinajstić information content (AvgIpc) is 2.05. The number of carbonyl (C=O) groups is 1. The van der Waals surface area contributed by atoms with Gasteiger partial charge < -0.3 is 9.84 Å². The number of hydrogen-bond acceptors (Lipinski definition) is 3. The minimum absolute atomic E-state index is 0. The Hall–Kier alpha value is -0.588. The van der Waals surface area contributed by atoms with E-state index >= 15 is 0 Å². The van der Waals surface area contributed by atoms with Crippen LogP contribution in [0.25, 0.3) is 0 Å². The Morgan fingerprint density at radius 2 is 2.17 bits per heavy atom. The number of rotatable bonds is 2. The quantitative estimate of drug-likeness (QED) is 0.609. The van der Waals surface area contributed by atoms with E-state index in [0.29, 0.717) is 17.6 Å². The molecule has 0 amide bonds. The van der Waals surface area contributed by atoms with Gasteiger partial charge in [0.25, 0.3) is 0 Å². The number of carbonyl (C=O) groups excluding carboxylic acids is 1. The van der Waals surface area contributed by atoms with E-state index in [2.05, 4.69) is 0 Å². The first-order chi connectivity index (χ1) is 5.27. The number of aromatic hydroxyl groups is 1. The van der Waals surface area contributed by atoms with Gasteiger partial charge in [-0.1, -0.05) is 0 Å². The van der Waals surface area contributed by atoms with E-state index in [1.54, 1.807) is 0 Å². The summed E-state index contributed by atoms with van der Waals surface area (Å²) in [5.41, 5.74) is 0.486. The SMILES string of the molecule is COc1cc(C=O)ccc1O.[PbH2]. The van der Waals surface area contributed by atoms with Crippen molar-refractivity contribution in [3.8, 4) is 11.5 Å². The van der Waals surface area contributed by atoms with Crippen molar-refractivity contribution in [1.82, 2.24) is 0 Å². The first-order valence-corrected chi connectivity index (χ1v) is 3.10. The van der Waals surface area contributed by atoms with Gasteiger partial charge in [0.1, 0.15) is 6.29 Å². The maximum absolute atomic E-state index is 10.2. The second-order valence-corrected chi connectivity index (χ2v) is 2.05. The molecule has 0 spiro atoms. The van der Waals surface area contributed by atoms with Crippen LogP contribution in [0, 0.1) is 0 Å². The van der Waals surface area contributed by atoms with Gasteiger partial charge in [0.15, 0.2) is 11.5 Å². The van der Waals surface area contributed by atoms with E-state index in [4.69, 9.17) is 9.84 Å². The summed E-state index contributed by atoms with van der Waals surface area (Å²) >= 11 is 0. The van der Waals surface area contributed by atoms with Gasteiger partial charge in [0.2, 0.25) is 0 Å². The third kappa shape index (κ3) is 2.47. The molecular weight excluding hydrogens is 351 g/mol. The molecule has 3 nitrogen and oxygen atoms in total. The topological polar surface area (TPSA) is 46.5 Å². The minimum atomic E-state index is 0. The summed E-state index contributed by atoms with van der Waals surface area (Å²) in [6.45, 7) is 0. The van der Waals surface area contributed by atoms with Crippen LogP contribution in [0.5, 0.6) is 11.5 Å². The van der Waals surface area contributed by atoms with Crippen LogP contribution in [0.3, 0.4) is 0 Å². The van der Waals surface area contributed by atoms with Crippen molar-refractivity contribution in [2.45, 2.75) is 0 Å². The zero-order valence-corrected chi connectivity index (χ0v) is 12.3. The molecule has 0 saturated heterocycles. The van der Waals surface area contributed by atoms with Crippen molar-refractivity contribution < 1.29 is 14.6 Å². The molecule has 0 aromatic heterocycles. The van der Waals surface area contributed by atoms with Crippen LogP contribution < -0.4 is 4.74 Å². The Balaban J connectivity index is 0.00000121. The second-order valence-electron chi connectivity index (χ2n) is 2.05. The van der Waals surface area contributed by atoms with E-state index in [1.165, 1.54) is 25.3 Å². The van der Waals surface area contributed by atoms with Gasteiger partial charge in [-0.05, 0) is 18.2 Å². The number of hydrogen-bond donors (Lipinski definition) is 1. The van der Waals surface area contributed by atoms with E-state index in [9.17, 15) is 4.79 Å². The Bertz CT molecular complexity index is 273. The van der Waals surface area contributed by atoms with Crippen LogP contribution in [0.1, 0.15) is 10.4 Å². The van der Waals surface area contributed by atoms with Crippen molar-refractivity contribution >= 4 is 33.6 Å². The molecule has 1 rings (SSSR count). The summed E-state index contributed by atoms with van der Waals surface area (Å²) in [6.07, 6.45) is 0.696. The molecule has 64 valence electrons. The van der Waals surface area contributed by atoms with Gasteiger partial charge in [-0.3, -0.25) is 4.79 Å². The van der Waals surface area contributed by atoms with Crippen LogP contribution >= 0.6 is 0 Å². The third-order valence-electron chi connectivity index (χ3n) is 1.34. The molecule has 0 bridgehead atoms. The van der Waals surface area contributed by atoms with Crippen LogP contribution in [-0.4, -0.2) is 45.8 Å². The Morgan fingerprint density at radius 3 is 2.67 bits per heavy atom. The molecule has 1 N–H and O–H groups in total. The Kier molecular flexibility index (Phi) is 4.88. The molecular formula is C8H10O3Pb.